The fraction of sp³-hybridized carbons (Fsp3) is 0.571. The zero-order valence-corrected chi connectivity index (χ0v) is 13.6. The van der Waals surface area contributed by atoms with Crippen LogP contribution < -0.4 is 0 Å². The Morgan fingerprint density at radius 3 is 2.41 bits per heavy atom. The lowest BCUT2D eigenvalue weighted by Gasteiger charge is -2.28. The first-order valence-electron chi connectivity index (χ1n) is 7.01. The lowest BCUT2D eigenvalue weighted by molar-refractivity contribution is -0.385. The highest BCUT2D eigenvalue weighted by Crippen LogP contribution is 2.34. The lowest BCUT2D eigenvalue weighted by Crippen LogP contribution is -2.43. The standard InChI is InChI=1S/C14H20N2O5S/c1-10-8-12(16(18)19)6-7-13(10)22(20,21)15(11-4-5-11)9-14(2,3)17/h6-8,11,17H,4-5,9H2,1-3H3. The number of nitro benzene ring substituents is 1. The van der Waals surface area contributed by atoms with Crippen LogP contribution in [0.5, 0.6) is 0 Å². The van der Waals surface area contributed by atoms with E-state index in [-0.39, 0.29) is 23.2 Å². The van der Waals surface area contributed by atoms with Gasteiger partial charge in [-0.15, -0.1) is 0 Å². The number of aryl methyl sites for hydroxylation is 1. The minimum Gasteiger partial charge on any atom is -0.389 e. The summed E-state index contributed by atoms with van der Waals surface area (Å²) in [6, 6.07) is 3.60. The molecular formula is C14H20N2O5S. The highest BCUT2D eigenvalue weighted by Gasteiger charge is 2.41. The normalized spacial score (nSPS) is 16.0. The Hall–Kier alpha value is -1.51. The maximum Gasteiger partial charge on any atom is 0.269 e. The maximum atomic E-state index is 12.8. The molecule has 2 rings (SSSR count). The molecule has 122 valence electrons. The molecule has 1 aromatic rings. The second kappa shape index (κ2) is 5.60. The quantitative estimate of drug-likeness (QED) is 0.634. The van der Waals surface area contributed by atoms with Gasteiger partial charge in [0, 0.05) is 24.7 Å². The van der Waals surface area contributed by atoms with Gasteiger partial charge < -0.3 is 5.11 Å². The van der Waals surface area contributed by atoms with Crippen molar-refractivity contribution in [2.45, 2.75) is 50.2 Å². The number of nitrogens with zero attached hydrogens (tertiary/aromatic N) is 2. The fourth-order valence-electron chi connectivity index (χ4n) is 2.32. The van der Waals surface area contributed by atoms with Gasteiger partial charge in [0.1, 0.15) is 0 Å². The molecule has 1 saturated carbocycles. The van der Waals surface area contributed by atoms with E-state index in [0.29, 0.717) is 5.56 Å². The van der Waals surface area contributed by atoms with Gasteiger partial charge in [0.05, 0.1) is 15.4 Å². The van der Waals surface area contributed by atoms with Crippen molar-refractivity contribution >= 4 is 15.7 Å². The summed E-state index contributed by atoms with van der Waals surface area (Å²) in [7, 11) is -3.79. The molecule has 7 nitrogen and oxygen atoms in total. The Labute approximate surface area is 129 Å². The van der Waals surface area contributed by atoms with E-state index < -0.39 is 20.5 Å². The summed E-state index contributed by atoms with van der Waals surface area (Å²) in [5, 5.41) is 20.7. The van der Waals surface area contributed by atoms with Crippen molar-refractivity contribution in [2.24, 2.45) is 0 Å². The smallest absolute Gasteiger partial charge is 0.269 e. The van der Waals surface area contributed by atoms with Gasteiger partial charge in [-0.1, -0.05) is 0 Å². The molecular weight excluding hydrogens is 308 g/mol. The zero-order chi connectivity index (χ0) is 16.7. The largest absolute Gasteiger partial charge is 0.389 e. The van der Waals surface area contributed by atoms with Crippen LogP contribution in [0.3, 0.4) is 0 Å². The third-order valence-corrected chi connectivity index (χ3v) is 5.51. The monoisotopic (exact) mass is 328 g/mol. The molecule has 0 saturated heterocycles. The first kappa shape index (κ1) is 16.9. The Bertz CT molecular complexity index is 690. The first-order chi connectivity index (χ1) is 10.0. The van der Waals surface area contributed by atoms with Crippen molar-refractivity contribution in [3.63, 3.8) is 0 Å². The van der Waals surface area contributed by atoms with Crippen LogP contribution in [0.25, 0.3) is 0 Å². The zero-order valence-electron chi connectivity index (χ0n) is 12.8. The molecule has 0 aliphatic heterocycles. The van der Waals surface area contributed by atoms with E-state index in [1.807, 2.05) is 0 Å². The number of sulfonamides is 1. The Kier molecular flexibility index (Phi) is 4.29. The number of rotatable bonds is 6. The van der Waals surface area contributed by atoms with Crippen LogP contribution in [0.15, 0.2) is 23.1 Å². The second-order valence-electron chi connectivity index (χ2n) is 6.30. The van der Waals surface area contributed by atoms with Crippen LogP contribution in [-0.2, 0) is 10.0 Å². The van der Waals surface area contributed by atoms with Gasteiger partial charge >= 0.3 is 0 Å². The fourth-order valence-corrected chi connectivity index (χ4v) is 4.36. The van der Waals surface area contributed by atoms with Gasteiger partial charge in [0.15, 0.2) is 0 Å². The van der Waals surface area contributed by atoms with Crippen LogP contribution in [0, 0.1) is 17.0 Å². The van der Waals surface area contributed by atoms with Gasteiger partial charge in [0.2, 0.25) is 10.0 Å². The van der Waals surface area contributed by atoms with E-state index in [1.165, 1.54) is 29.4 Å². The number of nitro groups is 1. The predicted molar refractivity (Wildman–Crippen MR) is 81.0 cm³/mol. The summed E-state index contributed by atoms with van der Waals surface area (Å²) in [5.41, 5.74) is -0.961. The van der Waals surface area contributed by atoms with Gasteiger partial charge in [-0.3, -0.25) is 10.1 Å². The molecule has 1 N–H and O–H groups in total. The topological polar surface area (TPSA) is 101 Å². The number of hydrogen-bond acceptors (Lipinski definition) is 5. The Balaban J connectivity index is 2.42. The van der Waals surface area contributed by atoms with E-state index >= 15 is 0 Å². The van der Waals surface area contributed by atoms with Crippen molar-refractivity contribution in [3.05, 3.63) is 33.9 Å². The predicted octanol–water partition coefficient (Wildman–Crippen LogP) is 1.83. The number of non-ortho nitro benzene ring substituents is 1. The van der Waals surface area contributed by atoms with Gasteiger partial charge in [0.25, 0.3) is 5.69 Å². The molecule has 0 atom stereocenters. The third-order valence-electron chi connectivity index (χ3n) is 3.45. The van der Waals surface area contributed by atoms with E-state index in [4.69, 9.17) is 0 Å². The highest BCUT2D eigenvalue weighted by atomic mass is 32.2. The van der Waals surface area contributed by atoms with Crippen LogP contribution in [0.2, 0.25) is 0 Å². The Morgan fingerprint density at radius 1 is 1.41 bits per heavy atom. The minimum atomic E-state index is -3.79. The molecule has 1 aliphatic rings. The van der Waals surface area contributed by atoms with E-state index in [1.54, 1.807) is 13.8 Å². The molecule has 1 fully saturated rings. The van der Waals surface area contributed by atoms with Crippen LogP contribution in [0.1, 0.15) is 32.3 Å². The van der Waals surface area contributed by atoms with Crippen LogP contribution in [-0.4, -0.2) is 40.9 Å². The molecule has 1 aliphatic carbocycles. The summed E-state index contributed by atoms with van der Waals surface area (Å²) in [4.78, 5) is 10.3. The molecule has 0 aromatic heterocycles. The van der Waals surface area contributed by atoms with E-state index in [9.17, 15) is 23.6 Å². The third kappa shape index (κ3) is 3.63. The van der Waals surface area contributed by atoms with E-state index in [0.717, 1.165) is 12.8 Å². The number of benzene rings is 1. The van der Waals surface area contributed by atoms with Crippen LogP contribution >= 0.6 is 0 Å². The minimum absolute atomic E-state index is 0.00354. The first-order valence-corrected chi connectivity index (χ1v) is 8.45. The molecule has 0 bridgehead atoms. The average molecular weight is 328 g/mol. The van der Waals surface area contributed by atoms with Crippen molar-refractivity contribution in [1.82, 2.24) is 4.31 Å². The van der Waals surface area contributed by atoms with Crippen molar-refractivity contribution in [1.29, 1.82) is 0 Å². The molecule has 0 heterocycles. The number of aliphatic hydroxyl groups is 1. The molecule has 0 radical (unpaired) electrons. The van der Waals surface area contributed by atoms with Gasteiger partial charge in [-0.25, -0.2) is 8.42 Å². The summed E-state index contributed by atoms with van der Waals surface area (Å²) in [6.45, 7) is 4.65. The molecule has 8 heteroatoms. The second-order valence-corrected chi connectivity index (χ2v) is 8.16. The van der Waals surface area contributed by atoms with Crippen molar-refractivity contribution < 1.29 is 18.4 Å². The highest BCUT2D eigenvalue weighted by molar-refractivity contribution is 7.89. The summed E-state index contributed by atoms with van der Waals surface area (Å²) >= 11 is 0. The number of hydrogen-bond donors (Lipinski definition) is 1. The van der Waals surface area contributed by atoms with E-state index in [2.05, 4.69) is 0 Å². The van der Waals surface area contributed by atoms with Crippen molar-refractivity contribution in [3.8, 4) is 0 Å². The maximum absolute atomic E-state index is 12.8. The van der Waals surface area contributed by atoms with Crippen molar-refractivity contribution in [2.75, 3.05) is 6.54 Å². The molecule has 0 unspecified atom stereocenters. The molecule has 0 amide bonds. The lowest BCUT2D eigenvalue weighted by atomic mass is 10.1. The summed E-state index contributed by atoms with van der Waals surface area (Å²) in [6.07, 6.45) is 1.53. The molecule has 1 aromatic carbocycles. The molecule has 0 spiro atoms. The van der Waals surface area contributed by atoms with Gasteiger partial charge in [-0.05, 0) is 45.2 Å². The van der Waals surface area contributed by atoms with Crippen LogP contribution in [0.4, 0.5) is 5.69 Å². The summed E-state index contributed by atoms with van der Waals surface area (Å²) < 4.78 is 27.0. The summed E-state index contributed by atoms with van der Waals surface area (Å²) in [5.74, 6) is 0. The molecule has 22 heavy (non-hydrogen) atoms. The SMILES string of the molecule is Cc1cc([N+](=O)[O-])ccc1S(=O)(=O)N(CC(C)(C)O)C1CC1. The Morgan fingerprint density at radius 2 is 2.00 bits per heavy atom. The average Bonchev–Trinajstić information content (AvgIpc) is 3.18. The van der Waals surface area contributed by atoms with Gasteiger partial charge in [-0.2, -0.15) is 4.31 Å².